The fourth-order valence-corrected chi connectivity index (χ4v) is 2.11. The fourth-order valence-electron chi connectivity index (χ4n) is 2.11. The van der Waals surface area contributed by atoms with Crippen LogP contribution in [0, 0.1) is 0 Å². The van der Waals surface area contributed by atoms with Crippen molar-refractivity contribution in [3.8, 4) is 0 Å². The van der Waals surface area contributed by atoms with Crippen LogP contribution >= 0.6 is 0 Å². The third-order valence-corrected chi connectivity index (χ3v) is 3.15. The van der Waals surface area contributed by atoms with Crippen molar-refractivity contribution in [2.45, 2.75) is 70.9 Å². The molecule has 0 aromatic heterocycles. The van der Waals surface area contributed by atoms with Gasteiger partial charge in [-0.3, -0.25) is 0 Å². The standard InChI is InChI=1S/C12H24N2O/c1-3-4-5-6-7-8-9-11-10(2)13-12(15)14-11/h10-11H,3-9H2,1-2H3,(H2,13,14,15). The molecule has 2 N–H and O–H groups in total. The third-order valence-electron chi connectivity index (χ3n) is 3.15. The maximum absolute atomic E-state index is 11.0. The van der Waals surface area contributed by atoms with E-state index in [0.29, 0.717) is 12.1 Å². The van der Waals surface area contributed by atoms with Gasteiger partial charge in [0.2, 0.25) is 0 Å². The molecule has 1 fully saturated rings. The predicted molar refractivity (Wildman–Crippen MR) is 62.9 cm³/mol. The van der Waals surface area contributed by atoms with Crippen LogP contribution in [0.25, 0.3) is 0 Å². The van der Waals surface area contributed by atoms with E-state index in [1.165, 1.54) is 38.5 Å². The Balaban J connectivity index is 1.98. The summed E-state index contributed by atoms with van der Waals surface area (Å²) in [5.41, 5.74) is 0. The van der Waals surface area contributed by atoms with Crippen LogP contribution in [0.15, 0.2) is 0 Å². The molecule has 1 aliphatic heterocycles. The van der Waals surface area contributed by atoms with Gasteiger partial charge in [-0.05, 0) is 13.3 Å². The molecular formula is C12H24N2O. The molecule has 1 aliphatic rings. The number of urea groups is 1. The van der Waals surface area contributed by atoms with Gasteiger partial charge in [0, 0.05) is 6.04 Å². The van der Waals surface area contributed by atoms with E-state index in [1.807, 2.05) is 0 Å². The molecule has 1 saturated heterocycles. The van der Waals surface area contributed by atoms with E-state index >= 15 is 0 Å². The van der Waals surface area contributed by atoms with Gasteiger partial charge >= 0.3 is 6.03 Å². The van der Waals surface area contributed by atoms with Gasteiger partial charge in [0.15, 0.2) is 0 Å². The quantitative estimate of drug-likeness (QED) is 0.626. The molecule has 0 aromatic carbocycles. The molecule has 0 saturated carbocycles. The SMILES string of the molecule is CCCCCCCCC1NC(=O)NC1C. The molecule has 2 atom stereocenters. The Bertz CT molecular complexity index is 194. The lowest BCUT2D eigenvalue weighted by Crippen LogP contribution is -2.30. The molecule has 3 heteroatoms. The Morgan fingerprint density at radius 2 is 1.73 bits per heavy atom. The second-order valence-corrected chi connectivity index (χ2v) is 4.57. The zero-order valence-electron chi connectivity index (χ0n) is 10.0. The highest BCUT2D eigenvalue weighted by Gasteiger charge is 2.26. The summed E-state index contributed by atoms with van der Waals surface area (Å²) >= 11 is 0. The van der Waals surface area contributed by atoms with E-state index in [2.05, 4.69) is 24.5 Å². The number of unbranched alkanes of at least 4 members (excludes halogenated alkanes) is 5. The minimum Gasteiger partial charge on any atom is -0.334 e. The minimum atomic E-state index is -0.00140. The zero-order chi connectivity index (χ0) is 11.1. The van der Waals surface area contributed by atoms with E-state index in [1.54, 1.807) is 0 Å². The van der Waals surface area contributed by atoms with Gasteiger partial charge in [0.05, 0.1) is 6.04 Å². The van der Waals surface area contributed by atoms with Crippen molar-refractivity contribution in [1.82, 2.24) is 10.6 Å². The lowest BCUT2D eigenvalue weighted by Gasteiger charge is -2.13. The summed E-state index contributed by atoms with van der Waals surface area (Å²) < 4.78 is 0. The minimum absolute atomic E-state index is 0.00140. The van der Waals surface area contributed by atoms with E-state index < -0.39 is 0 Å². The average molecular weight is 212 g/mol. The molecule has 0 aromatic rings. The predicted octanol–water partition coefficient (Wildman–Crippen LogP) is 2.81. The van der Waals surface area contributed by atoms with Crippen molar-refractivity contribution < 1.29 is 4.79 Å². The van der Waals surface area contributed by atoms with Crippen LogP contribution in [0.4, 0.5) is 4.79 Å². The average Bonchev–Trinajstić information content (AvgIpc) is 2.51. The normalized spacial score (nSPS) is 25.1. The number of rotatable bonds is 7. The van der Waals surface area contributed by atoms with Crippen LogP contribution in [-0.2, 0) is 0 Å². The Kier molecular flexibility index (Phi) is 5.51. The first-order chi connectivity index (χ1) is 7.24. The highest BCUT2D eigenvalue weighted by Crippen LogP contribution is 2.12. The summed E-state index contributed by atoms with van der Waals surface area (Å²) in [7, 11) is 0. The lowest BCUT2D eigenvalue weighted by atomic mass is 10.0. The maximum Gasteiger partial charge on any atom is 0.315 e. The molecule has 3 nitrogen and oxygen atoms in total. The molecule has 15 heavy (non-hydrogen) atoms. The number of carbonyl (C=O) groups is 1. The van der Waals surface area contributed by atoms with E-state index in [0.717, 1.165) is 6.42 Å². The van der Waals surface area contributed by atoms with Gasteiger partial charge in [-0.25, -0.2) is 4.79 Å². The van der Waals surface area contributed by atoms with Crippen molar-refractivity contribution in [3.63, 3.8) is 0 Å². The van der Waals surface area contributed by atoms with Crippen LogP contribution in [0.3, 0.4) is 0 Å². The second-order valence-electron chi connectivity index (χ2n) is 4.57. The highest BCUT2D eigenvalue weighted by molar-refractivity contribution is 5.77. The van der Waals surface area contributed by atoms with Crippen molar-refractivity contribution in [1.29, 1.82) is 0 Å². The summed E-state index contributed by atoms with van der Waals surface area (Å²) in [6.45, 7) is 4.31. The topological polar surface area (TPSA) is 41.1 Å². The zero-order valence-corrected chi connectivity index (χ0v) is 10.0. The van der Waals surface area contributed by atoms with Crippen molar-refractivity contribution in [3.05, 3.63) is 0 Å². The Labute approximate surface area is 93.0 Å². The molecule has 2 amide bonds. The van der Waals surface area contributed by atoms with Gasteiger partial charge in [0.1, 0.15) is 0 Å². The molecule has 88 valence electrons. The van der Waals surface area contributed by atoms with E-state index in [9.17, 15) is 4.79 Å². The van der Waals surface area contributed by atoms with Crippen molar-refractivity contribution in [2.24, 2.45) is 0 Å². The van der Waals surface area contributed by atoms with Crippen LogP contribution in [0.1, 0.15) is 58.8 Å². The maximum atomic E-state index is 11.0. The second kappa shape index (κ2) is 6.70. The monoisotopic (exact) mass is 212 g/mol. The fraction of sp³-hybridized carbons (Fsp3) is 0.917. The number of nitrogens with one attached hydrogen (secondary N) is 2. The van der Waals surface area contributed by atoms with Gasteiger partial charge in [-0.2, -0.15) is 0 Å². The van der Waals surface area contributed by atoms with Crippen LogP contribution in [-0.4, -0.2) is 18.1 Å². The summed E-state index contributed by atoms with van der Waals surface area (Å²) in [5.74, 6) is 0. The van der Waals surface area contributed by atoms with Crippen LogP contribution in [0.2, 0.25) is 0 Å². The number of amides is 2. The first-order valence-corrected chi connectivity index (χ1v) is 6.31. The summed E-state index contributed by atoms with van der Waals surface area (Å²) in [5, 5.41) is 5.83. The number of hydrogen-bond acceptors (Lipinski definition) is 1. The molecular weight excluding hydrogens is 188 g/mol. The molecule has 2 unspecified atom stereocenters. The largest absolute Gasteiger partial charge is 0.334 e. The van der Waals surface area contributed by atoms with E-state index in [-0.39, 0.29) is 6.03 Å². The molecule has 0 radical (unpaired) electrons. The molecule has 0 spiro atoms. The van der Waals surface area contributed by atoms with Gasteiger partial charge < -0.3 is 10.6 Å². The van der Waals surface area contributed by atoms with Gasteiger partial charge in [-0.15, -0.1) is 0 Å². The highest BCUT2D eigenvalue weighted by atomic mass is 16.2. The van der Waals surface area contributed by atoms with Gasteiger partial charge in [-0.1, -0.05) is 45.4 Å². The summed E-state index contributed by atoms with van der Waals surface area (Å²) in [6, 6.07) is 0.648. The molecule has 1 heterocycles. The summed E-state index contributed by atoms with van der Waals surface area (Å²) in [6.07, 6.45) is 9.03. The smallest absolute Gasteiger partial charge is 0.315 e. The Hall–Kier alpha value is -0.730. The number of carbonyl (C=O) groups excluding carboxylic acids is 1. The first kappa shape index (κ1) is 12.3. The lowest BCUT2D eigenvalue weighted by molar-refractivity contribution is 0.247. The van der Waals surface area contributed by atoms with Gasteiger partial charge in [0.25, 0.3) is 0 Å². The molecule has 1 rings (SSSR count). The number of hydrogen-bond donors (Lipinski definition) is 2. The van der Waals surface area contributed by atoms with Crippen molar-refractivity contribution in [2.75, 3.05) is 0 Å². The Morgan fingerprint density at radius 1 is 1.07 bits per heavy atom. The Morgan fingerprint density at radius 3 is 2.33 bits per heavy atom. The van der Waals surface area contributed by atoms with Crippen LogP contribution in [0.5, 0.6) is 0 Å². The first-order valence-electron chi connectivity index (χ1n) is 6.31. The third kappa shape index (κ3) is 4.54. The van der Waals surface area contributed by atoms with Crippen LogP contribution < -0.4 is 10.6 Å². The molecule has 0 aliphatic carbocycles. The molecule has 0 bridgehead atoms. The van der Waals surface area contributed by atoms with E-state index in [4.69, 9.17) is 0 Å². The van der Waals surface area contributed by atoms with Crippen molar-refractivity contribution >= 4 is 6.03 Å². The summed E-state index contributed by atoms with van der Waals surface area (Å²) in [4.78, 5) is 11.0.